The van der Waals surface area contributed by atoms with E-state index in [2.05, 4.69) is 9.89 Å². The van der Waals surface area contributed by atoms with Gasteiger partial charge in [-0.3, -0.25) is 9.79 Å². The van der Waals surface area contributed by atoms with Crippen molar-refractivity contribution >= 4 is 12.0 Å². The van der Waals surface area contributed by atoms with E-state index in [1.54, 1.807) is 6.21 Å². The number of benzene rings is 1. The number of nitrogens with zero attached hydrogens (tertiary/aromatic N) is 2. The molecule has 23 heavy (non-hydrogen) atoms. The molecular weight excluding hydrogens is 288 g/mol. The Hall–Kier alpha value is -1.94. The van der Waals surface area contributed by atoms with Gasteiger partial charge >= 0.3 is 0 Å². The molecule has 1 atom stereocenters. The van der Waals surface area contributed by atoms with Crippen LogP contribution in [-0.4, -0.2) is 49.2 Å². The number of aliphatic hydroxyl groups excluding tert-OH is 1. The molecule has 124 valence electrons. The fourth-order valence-corrected chi connectivity index (χ4v) is 2.77. The van der Waals surface area contributed by atoms with Crippen LogP contribution in [0.4, 0.5) is 0 Å². The third-order valence-electron chi connectivity index (χ3n) is 4.14. The molecule has 0 spiro atoms. The Morgan fingerprint density at radius 1 is 1.26 bits per heavy atom. The van der Waals surface area contributed by atoms with Crippen molar-refractivity contribution in [2.24, 2.45) is 4.99 Å². The maximum atomic E-state index is 12.3. The summed E-state index contributed by atoms with van der Waals surface area (Å²) >= 11 is 0. The lowest BCUT2D eigenvalue weighted by Gasteiger charge is -2.22. The molecule has 4 nitrogen and oxygen atoms in total. The Bertz CT molecular complexity index is 600. The summed E-state index contributed by atoms with van der Waals surface area (Å²) in [4.78, 5) is 18.7. The fraction of sp³-hybridized carbons (Fsp3) is 0.474. The van der Waals surface area contributed by atoms with Crippen LogP contribution in [-0.2, 0) is 4.79 Å². The van der Waals surface area contributed by atoms with E-state index in [4.69, 9.17) is 0 Å². The molecule has 1 aromatic carbocycles. The summed E-state index contributed by atoms with van der Waals surface area (Å²) in [6.07, 6.45) is 3.44. The first-order valence-corrected chi connectivity index (χ1v) is 8.14. The molecule has 0 saturated heterocycles. The summed E-state index contributed by atoms with van der Waals surface area (Å²) in [5.41, 5.74) is 2.69. The van der Waals surface area contributed by atoms with Crippen molar-refractivity contribution in [2.45, 2.75) is 32.1 Å². The van der Waals surface area contributed by atoms with E-state index in [9.17, 15) is 9.90 Å². The van der Waals surface area contributed by atoms with E-state index < -0.39 is 0 Å². The van der Waals surface area contributed by atoms with Gasteiger partial charge in [-0.25, -0.2) is 0 Å². The van der Waals surface area contributed by atoms with Crippen LogP contribution >= 0.6 is 0 Å². The fourth-order valence-electron chi connectivity index (χ4n) is 2.77. The van der Waals surface area contributed by atoms with Gasteiger partial charge in [0.05, 0.1) is 5.57 Å². The maximum absolute atomic E-state index is 12.3. The third-order valence-corrected chi connectivity index (χ3v) is 4.14. The maximum Gasteiger partial charge on any atom is 0.168 e. The van der Waals surface area contributed by atoms with Crippen LogP contribution in [0.5, 0.6) is 0 Å². The Balaban J connectivity index is 1.99. The molecule has 0 amide bonds. The predicted octanol–water partition coefficient (Wildman–Crippen LogP) is 3.28. The standard InChI is InChI=1S/C19H26N2O2/c1-14-5-7-15(8-6-14)16-11-18(22)17(19(23)12-16)13-20-9-4-10-21(2)3/h5-8,13,16,22H,4,9-12H2,1-3H3. The first-order chi connectivity index (χ1) is 11.0. The highest BCUT2D eigenvalue weighted by atomic mass is 16.3. The number of carbonyl (C=O) groups is 1. The number of aliphatic hydroxyl groups is 1. The highest BCUT2D eigenvalue weighted by molar-refractivity contribution is 6.14. The first kappa shape index (κ1) is 17.4. The van der Waals surface area contributed by atoms with Crippen molar-refractivity contribution < 1.29 is 9.90 Å². The van der Waals surface area contributed by atoms with Crippen molar-refractivity contribution in [3.63, 3.8) is 0 Å². The van der Waals surface area contributed by atoms with Gasteiger partial charge in [-0.15, -0.1) is 0 Å². The SMILES string of the molecule is Cc1ccc(C2CC(=O)C(C=NCCCN(C)C)=C(O)C2)cc1. The lowest BCUT2D eigenvalue weighted by molar-refractivity contribution is -0.116. The molecule has 1 unspecified atom stereocenters. The van der Waals surface area contributed by atoms with E-state index in [1.165, 1.54) is 5.56 Å². The number of Topliss-reactive ketones (excluding diaryl/α,β-unsaturated/α-hetero) is 1. The highest BCUT2D eigenvalue weighted by Gasteiger charge is 2.27. The van der Waals surface area contributed by atoms with Crippen LogP contribution in [0.2, 0.25) is 0 Å². The van der Waals surface area contributed by atoms with Gasteiger partial charge in [-0.2, -0.15) is 0 Å². The molecular formula is C19H26N2O2. The van der Waals surface area contributed by atoms with Gasteiger partial charge in [0, 0.05) is 25.6 Å². The van der Waals surface area contributed by atoms with Gasteiger partial charge in [0.1, 0.15) is 5.76 Å². The Kier molecular flexibility index (Phi) is 6.11. The molecule has 1 aromatic rings. The minimum atomic E-state index is -0.0179. The smallest absolute Gasteiger partial charge is 0.168 e. The zero-order valence-corrected chi connectivity index (χ0v) is 14.2. The molecule has 0 radical (unpaired) electrons. The average molecular weight is 314 g/mol. The van der Waals surface area contributed by atoms with Crippen molar-refractivity contribution in [3.05, 3.63) is 46.7 Å². The van der Waals surface area contributed by atoms with Gasteiger partial charge in [0.15, 0.2) is 5.78 Å². The van der Waals surface area contributed by atoms with Gasteiger partial charge in [-0.05, 0) is 45.5 Å². The van der Waals surface area contributed by atoms with Crippen LogP contribution in [0.3, 0.4) is 0 Å². The van der Waals surface area contributed by atoms with Crippen molar-refractivity contribution in [1.29, 1.82) is 0 Å². The van der Waals surface area contributed by atoms with E-state index in [-0.39, 0.29) is 17.5 Å². The Labute approximate surface area is 138 Å². The van der Waals surface area contributed by atoms with Gasteiger partial charge in [0.2, 0.25) is 0 Å². The van der Waals surface area contributed by atoms with Gasteiger partial charge < -0.3 is 10.0 Å². The zero-order chi connectivity index (χ0) is 16.8. The minimum absolute atomic E-state index is 0.0179. The van der Waals surface area contributed by atoms with Crippen LogP contribution in [0.15, 0.2) is 40.6 Å². The lowest BCUT2D eigenvalue weighted by Crippen LogP contribution is -2.19. The summed E-state index contributed by atoms with van der Waals surface area (Å²) < 4.78 is 0. The lowest BCUT2D eigenvalue weighted by atomic mass is 9.83. The molecule has 1 N–H and O–H groups in total. The number of rotatable bonds is 6. The molecule has 0 aliphatic heterocycles. The van der Waals surface area contributed by atoms with Crippen molar-refractivity contribution in [2.75, 3.05) is 27.2 Å². The second kappa shape index (κ2) is 8.06. The number of hydrogen-bond acceptors (Lipinski definition) is 4. The van der Waals surface area contributed by atoms with E-state index in [1.807, 2.05) is 45.3 Å². The Morgan fingerprint density at radius 2 is 1.96 bits per heavy atom. The largest absolute Gasteiger partial charge is 0.511 e. The normalized spacial score (nSPS) is 19.1. The molecule has 1 aliphatic rings. The van der Waals surface area contributed by atoms with Crippen LogP contribution in [0.25, 0.3) is 0 Å². The minimum Gasteiger partial charge on any atom is -0.511 e. The quantitative estimate of drug-likeness (QED) is 0.647. The second-order valence-corrected chi connectivity index (χ2v) is 6.49. The average Bonchev–Trinajstić information content (AvgIpc) is 2.49. The number of hydrogen-bond donors (Lipinski definition) is 1. The topological polar surface area (TPSA) is 52.9 Å². The number of ketones is 1. The number of carbonyl (C=O) groups excluding carboxylic acids is 1. The summed E-state index contributed by atoms with van der Waals surface area (Å²) in [5, 5.41) is 10.2. The summed E-state index contributed by atoms with van der Waals surface area (Å²) in [5.74, 6) is 0.216. The van der Waals surface area contributed by atoms with Gasteiger partial charge in [0.25, 0.3) is 0 Å². The monoisotopic (exact) mass is 314 g/mol. The predicted molar refractivity (Wildman–Crippen MR) is 94.3 cm³/mol. The van der Waals surface area contributed by atoms with Crippen molar-refractivity contribution in [1.82, 2.24) is 4.90 Å². The van der Waals surface area contributed by atoms with Crippen molar-refractivity contribution in [3.8, 4) is 0 Å². The van der Waals surface area contributed by atoms with Crippen LogP contribution in [0, 0.1) is 6.92 Å². The van der Waals surface area contributed by atoms with E-state index in [0.29, 0.717) is 25.0 Å². The molecule has 1 aliphatic carbocycles. The summed E-state index contributed by atoms with van der Waals surface area (Å²) in [7, 11) is 4.04. The molecule has 4 heteroatoms. The summed E-state index contributed by atoms with van der Waals surface area (Å²) in [6.45, 7) is 3.67. The third kappa shape index (κ3) is 5.03. The van der Waals surface area contributed by atoms with E-state index in [0.717, 1.165) is 18.5 Å². The summed E-state index contributed by atoms with van der Waals surface area (Å²) in [6, 6.07) is 8.17. The van der Waals surface area contributed by atoms with Gasteiger partial charge in [-0.1, -0.05) is 29.8 Å². The molecule has 0 saturated carbocycles. The number of allylic oxidation sites excluding steroid dienone is 2. The molecule has 0 heterocycles. The number of aliphatic imine (C=N–C) groups is 1. The first-order valence-electron chi connectivity index (χ1n) is 8.14. The van der Waals surface area contributed by atoms with E-state index >= 15 is 0 Å². The highest BCUT2D eigenvalue weighted by Crippen LogP contribution is 2.33. The molecule has 0 aromatic heterocycles. The Morgan fingerprint density at radius 3 is 2.57 bits per heavy atom. The number of aryl methyl sites for hydroxylation is 1. The van der Waals surface area contributed by atoms with Crippen LogP contribution in [0.1, 0.15) is 36.3 Å². The molecule has 0 bridgehead atoms. The molecule has 2 rings (SSSR count). The zero-order valence-electron chi connectivity index (χ0n) is 14.2. The second-order valence-electron chi connectivity index (χ2n) is 6.49. The molecule has 0 fully saturated rings. The van der Waals surface area contributed by atoms with Crippen LogP contribution < -0.4 is 0 Å².